The van der Waals surface area contributed by atoms with Crippen LogP contribution in [0.25, 0.3) is 0 Å². The van der Waals surface area contributed by atoms with Gasteiger partial charge in [0.25, 0.3) is 0 Å². The molecule has 4 rings (SSSR count). The number of halogens is 3. The van der Waals surface area contributed by atoms with Crippen LogP contribution in [0.2, 0.25) is 0 Å². The predicted molar refractivity (Wildman–Crippen MR) is 132 cm³/mol. The van der Waals surface area contributed by atoms with Crippen LogP contribution >= 0.6 is 0 Å². The summed E-state index contributed by atoms with van der Waals surface area (Å²) in [6.07, 6.45) is -3.50. The summed E-state index contributed by atoms with van der Waals surface area (Å²) < 4.78 is 54.7. The van der Waals surface area contributed by atoms with E-state index < -0.39 is 35.2 Å². The minimum atomic E-state index is -4.90. The van der Waals surface area contributed by atoms with E-state index in [1.807, 2.05) is 13.8 Å². The van der Waals surface area contributed by atoms with Gasteiger partial charge in [-0.3, -0.25) is 14.5 Å². The number of benzene rings is 1. The van der Waals surface area contributed by atoms with Crippen LogP contribution < -0.4 is 20.5 Å². The van der Waals surface area contributed by atoms with Crippen LogP contribution in [0.1, 0.15) is 65.0 Å². The van der Waals surface area contributed by atoms with Crippen molar-refractivity contribution >= 4 is 17.8 Å². The number of nitrogens with zero attached hydrogens (tertiary/aromatic N) is 2. The second-order valence-corrected chi connectivity index (χ2v) is 11.4. The molecule has 0 bridgehead atoms. The molecule has 0 spiro atoms. The van der Waals surface area contributed by atoms with Gasteiger partial charge in [-0.25, -0.2) is 4.99 Å². The minimum Gasteiger partial charge on any atom is -0.487 e. The number of fused-ring (bicyclic) bond motifs is 1. The van der Waals surface area contributed by atoms with E-state index in [2.05, 4.69) is 15.0 Å². The van der Waals surface area contributed by atoms with Crippen molar-refractivity contribution in [3.63, 3.8) is 0 Å². The second-order valence-electron chi connectivity index (χ2n) is 11.4. The SMILES string of the molecule is COCC[C@H]([C@@H]1C[C@H]1C(=O)N[C@@H]1CC(C)(C)Oc2cccc(OC(F)(F)F)c21)N1C(=O)CC(C)(C)N=C1N. The molecule has 3 aliphatic rings. The molecule has 2 amide bonds. The van der Waals surface area contributed by atoms with E-state index in [4.69, 9.17) is 15.2 Å². The predicted octanol–water partition coefficient (Wildman–Crippen LogP) is 3.67. The monoisotopic (exact) mass is 540 g/mol. The molecule has 0 unspecified atom stereocenters. The van der Waals surface area contributed by atoms with Crippen LogP contribution in [0.3, 0.4) is 0 Å². The van der Waals surface area contributed by atoms with E-state index in [9.17, 15) is 22.8 Å². The highest BCUT2D eigenvalue weighted by Crippen LogP contribution is 2.48. The minimum absolute atomic E-state index is 0.118. The highest BCUT2D eigenvalue weighted by Gasteiger charge is 2.53. The lowest BCUT2D eigenvalue weighted by molar-refractivity contribution is -0.275. The lowest BCUT2D eigenvalue weighted by Gasteiger charge is -2.39. The third-order valence-electron chi connectivity index (χ3n) is 7.14. The number of nitrogens with one attached hydrogen (secondary N) is 1. The van der Waals surface area contributed by atoms with Gasteiger partial charge in [-0.1, -0.05) is 6.07 Å². The number of ether oxygens (including phenoxy) is 3. The maximum Gasteiger partial charge on any atom is 0.573 e. The first-order chi connectivity index (χ1) is 17.6. The molecular weight excluding hydrogens is 505 g/mol. The van der Waals surface area contributed by atoms with Gasteiger partial charge in [0.15, 0.2) is 5.96 Å². The van der Waals surface area contributed by atoms with Gasteiger partial charge >= 0.3 is 6.36 Å². The molecule has 1 fully saturated rings. The lowest BCUT2D eigenvalue weighted by atomic mass is 9.89. The highest BCUT2D eigenvalue weighted by atomic mass is 19.4. The molecule has 0 radical (unpaired) electrons. The summed E-state index contributed by atoms with van der Waals surface area (Å²) in [7, 11) is 1.55. The standard InChI is InChI=1S/C26H35F3N4O5/c1-24(2)13-20(34)33(23(30)32-24)17(9-10-36-5)14-11-15(14)22(35)31-16-12-25(3,4)37-18-7-6-8-19(21(16)18)38-26(27,28)29/h6-8,14-17H,9-13H2,1-5H3,(H2,30,32)(H,31,35)/t14-,15-,16-,17-/m1/s1. The molecule has 3 N–H and O–H groups in total. The molecular formula is C26H35F3N4O5. The summed E-state index contributed by atoms with van der Waals surface area (Å²) >= 11 is 0. The number of aliphatic imine (C=N–C) groups is 1. The Balaban J connectivity index is 1.55. The summed E-state index contributed by atoms with van der Waals surface area (Å²) in [5.41, 5.74) is 5.01. The third kappa shape index (κ3) is 6.16. The van der Waals surface area contributed by atoms with Gasteiger partial charge < -0.3 is 25.3 Å². The van der Waals surface area contributed by atoms with Crippen molar-refractivity contribution in [2.75, 3.05) is 13.7 Å². The smallest absolute Gasteiger partial charge is 0.487 e. The molecule has 9 nitrogen and oxygen atoms in total. The number of methoxy groups -OCH3 is 1. The molecule has 0 saturated heterocycles. The van der Waals surface area contributed by atoms with Gasteiger partial charge in [0.1, 0.15) is 17.1 Å². The third-order valence-corrected chi connectivity index (χ3v) is 7.14. The van der Waals surface area contributed by atoms with Crippen LogP contribution in [0.5, 0.6) is 11.5 Å². The van der Waals surface area contributed by atoms with Crippen LogP contribution in [-0.2, 0) is 14.3 Å². The molecule has 12 heteroatoms. The molecule has 2 aliphatic heterocycles. The number of alkyl halides is 3. The number of guanidine groups is 1. The van der Waals surface area contributed by atoms with E-state index >= 15 is 0 Å². The number of nitrogens with two attached hydrogens (primary N) is 1. The number of carbonyl (C=O) groups is 2. The molecule has 1 aromatic rings. The van der Waals surface area contributed by atoms with Crippen molar-refractivity contribution in [3.05, 3.63) is 23.8 Å². The van der Waals surface area contributed by atoms with Gasteiger partial charge in [-0.2, -0.15) is 0 Å². The summed E-state index contributed by atoms with van der Waals surface area (Å²) in [5, 5.41) is 2.94. The van der Waals surface area contributed by atoms with Crippen LogP contribution in [-0.4, -0.2) is 59.9 Å². The summed E-state index contributed by atoms with van der Waals surface area (Å²) in [6.45, 7) is 7.63. The van der Waals surface area contributed by atoms with Gasteiger partial charge in [0.05, 0.1) is 23.6 Å². The van der Waals surface area contributed by atoms with Crippen molar-refractivity contribution in [2.45, 2.75) is 83.0 Å². The molecule has 1 aliphatic carbocycles. The van der Waals surface area contributed by atoms with Gasteiger partial charge in [-0.15, -0.1) is 13.2 Å². The van der Waals surface area contributed by atoms with Gasteiger partial charge in [0.2, 0.25) is 11.8 Å². The maximum absolute atomic E-state index is 13.4. The number of amides is 2. The van der Waals surface area contributed by atoms with E-state index in [-0.39, 0.29) is 53.9 Å². The Labute approximate surface area is 219 Å². The van der Waals surface area contributed by atoms with Crippen molar-refractivity contribution < 1.29 is 37.0 Å². The number of hydrogen-bond acceptors (Lipinski definition) is 7. The first kappa shape index (κ1) is 28.0. The quantitative estimate of drug-likeness (QED) is 0.520. The normalized spacial score (nSPS) is 26.5. The van der Waals surface area contributed by atoms with Crippen molar-refractivity contribution in [2.24, 2.45) is 22.6 Å². The molecule has 1 aromatic carbocycles. The molecule has 38 heavy (non-hydrogen) atoms. The lowest BCUT2D eigenvalue weighted by Crippen LogP contribution is -2.55. The summed E-state index contributed by atoms with van der Waals surface area (Å²) in [6, 6.07) is 3.04. The van der Waals surface area contributed by atoms with Crippen molar-refractivity contribution in [3.8, 4) is 11.5 Å². The first-order valence-electron chi connectivity index (χ1n) is 12.7. The first-order valence-corrected chi connectivity index (χ1v) is 12.7. The maximum atomic E-state index is 13.4. The van der Waals surface area contributed by atoms with Crippen LogP contribution in [0.15, 0.2) is 23.2 Å². The second kappa shape index (κ2) is 9.94. The number of hydrogen-bond donors (Lipinski definition) is 2. The zero-order valence-electron chi connectivity index (χ0n) is 22.2. The Bertz CT molecular complexity index is 1120. The number of carbonyl (C=O) groups excluding carboxylic acids is 2. The Morgan fingerprint density at radius 2 is 2.03 bits per heavy atom. The Kier molecular flexibility index (Phi) is 7.32. The number of rotatable bonds is 8. The van der Waals surface area contributed by atoms with Crippen LogP contribution in [0, 0.1) is 11.8 Å². The highest BCUT2D eigenvalue weighted by molar-refractivity contribution is 5.99. The summed E-state index contributed by atoms with van der Waals surface area (Å²) in [4.78, 5) is 32.4. The molecule has 0 aromatic heterocycles. The molecule has 1 saturated carbocycles. The summed E-state index contributed by atoms with van der Waals surface area (Å²) in [5.74, 6) is -1.18. The zero-order valence-corrected chi connectivity index (χ0v) is 22.2. The molecule has 2 heterocycles. The van der Waals surface area contributed by atoms with E-state index in [0.29, 0.717) is 19.4 Å². The Hall–Kier alpha value is -3.02. The molecule has 210 valence electrons. The topological polar surface area (TPSA) is 115 Å². The largest absolute Gasteiger partial charge is 0.573 e. The zero-order chi connectivity index (χ0) is 28.0. The van der Waals surface area contributed by atoms with Crippen molar-refractivity contribution in [1.82, 2.24) is 10.2 Å². The fourth-order valence-electron chi connectivity index (χ4n) is 5.56. The van der Waals surface area contributed by atoms with Gasteiger partial charge in [0, 0.05) is 32.1 Å². The van der Waals surface area contributed by atoms with Gasteiger partial charge in [-0.05, 0) is 58.6 Å². The van der Waals surface area contributed by atoms with E-state index in [0.717, 1.165) is 0 Å². The van der Waals surface area contributed by atoms with Crippen molar-refractivity contribution in [1.29, 1.82) is 0 Å². The fourth-order valence-corrected chi connectivity index (χ4v) is 5.56. The Morgan fingerprint density at radius 3 is 2.66 bits per heavy atom. The Morgan fingerprint density at radius 1 is 1.32 bits per heavy atom. The average Bonchev–Trinajstić information content (AvgIpc) is 3.53. The molecule has 4 atom stereocenters. The van der Waals surface area contributed by atoms with Crippen LogP contribution in [0.4, 0.5) is 13.2 Å². The average molecular weight is 541 g/mol. The fraction of sp³-hybridized carbons (Fsp3) is 0.654. The van der Waals surface area contributed by atoms with E-state index in [1.165, 1.54) is 17.0 Å². The van der Waals surface area contributed by atoms with E-state index in [1.54, 1.807) is 27.0 Å².